The van der Waals surface area contributed by atoms with Gasteiger partial charge in [0.05, 0.1) is 7.11 Å². The zero-order valence-corrected chi connectivity index (χ0v) is 13.7. The molecule has 0 aliphatic rings. The maximum Gasteiger partial charge on any atom is 0.408 e. The first-order chi connectivity index (χ1) is 9.15. The number of alkyl carbamates (subject to hydrolysis) is 1. The summed E-state index contributed by atoms with van der Waals surface area (Å²) >= 11 is 0. The van der Waals surface area contributed by atoms with Crippen LogP contribution in [0.15, 0.2) is 4.99 Å². The normalized spacial score (nSPS) is 11.6. The predicted molar refractivity (Wildman–Crippen MR) is 82.3 cm³/mol. The molecule has 0 saturated heterocycles. The monoisotopic (exact) mass is 324 g/mol. The number of nitrogens with zero attached hydrogens (tertiary/aromatic N) is 1. The predicted octanol–water partition coefficient (Wildman–Crippen LogP) is 0.528. The Bertz CT molecular complexity index is 365. The van der Waals surface area contributed by atoms with Crippen LogP contribution >= 0.6 is 12.4 Å². The number of amides is 1. The number of carbonyl (C=O) groups is 2. The van der Waals surface area contributed by atoms with Crippen LogP contribution < -0.4 is 16.8 Å². The Morgan fingerprint density at radius 2 is 1.86 bits per heavy atom. The fraction of sp³-hybridized carbons (Fsp3) is 0.750. The third kappa shape index (κ3) is 11.8. The topological polar surface area (TPSA) is 129 Å². The lowest BCUT2D eigenvalue weighted by Crippen LogP contribution is -2.44. The van der Waals surface area contributed by atoms with E-state index in [1.54, 1.807) is 20.8 Å². The highest BCUT2D eigenvalue weighted by molar-refractivity contribution is 5.85. The first-order valence-electron chi connectivity index (χ1n) is 6.28. The molecule has 0 aromatic rings. The summed E-state index contributed by atoms with van der Waals surface area (Å²) < 4.78 is 9.71. The van der Waals surface area contributed by atoms with Crippen molar-refractivity contribution in [3.63, 3.8) is 0 Å². The Morgan fingerprint density at radius 3 is 2.29 bits per heavy atom. The van der Waals surface area contributed by atoms with Gasteiger partial charge < -0.3 is 26.3 Å². The summed E-state index contributed by atoms with van der Waals surface area (Å²) in [4.78, 5) is 27.0. The van der Waals surface area contributed by atoms with Gasteiger partial charge in [-0.15, -0.1) is 12.4 Å². The van der Waals surface area contributed by atoms with E-state index < -0.39 is 23.7 Å². The van der Waals surface area contributed by atoms with Crippen LogP contribution in [0.1, 0.15) is 33.6 Å². The minimum absolute atomic E-state index is 0. The molecule has 0 heterocycles. The number of hydrogen-bond acceptors (Lipinski definition) is 5. The molecule has 0 spiro atoms. The van der Waals surface area contributed by atoms with E-state index >= 15 is 0 Å². The summed E-state index contributed by atoms with van der Waals surface area (Å²) in [5.41, 5.74) is 9.75. The van der Waals surface area contributed by atoms with E-state index in [4.69, 9.17) is 16.2 Å². The van der Waals surface area contributed by atoms with Crippen molar-refractivity contribution in [1.82, 2.24) is 5.32 Å². The molecule has 0 aromatic carbocycles. The lowest BCUT2D eigenvalue weighted by molar-refractivity contribution is -0.143. The molecular weight excluding hydrogens is 300 g/mol. The minimum atomic E-state index is -0.788. The van der Waals surface area contributed by atoms with Gasteiger partial charge in [0.25, 0.3) is 0 Å². The molecule has 0 fully saturated rings. The molecule has 124 valence electrons. The van der Waals surface area contributed by atoms with Crippen molar-refractivity contribution in [2.45, 2.75) is 45.3 Å². The molecule has 1 amide bonds. The number of aliphatic imine (C=N–C) groups is 1. The third-order valence-corrected chi connectivity index (χ3v) is 2.12. The molecule has 1 unspecified atom stereocenters. The van der Waals surface area contributed by atoms with E-state index in [0.717, 1.165) is 0 Å². The number of guanidine groups is 1. The molecule has 0 aromatic heterocycles. The highest BCUT2D eigenvalue weighted by atomic mass is 35.5. The summed E-state index contributed by atoms with van der Waals surface area (Å²) in [5.74, 6) is -0.555. The van der Waals surface area contributed by atoms with Crippen molar-refractivity contribution in [1.29, 1.82) is 0 Å². The second-order valence-corrected chi connectivity index (χ2v) is 5.17. The van der Waals surface area contributed by atoms with Gasteiger partial charge in [0.2, 0.25) is 0 Å². The Hall–Kier alpha value is -1.70. The number of esters is 1. The van der Waals surface area contributed by atoms with Gasteiger partial charge in [-0.1, -0.05) is 0 Å². The van der Waals surface area contributed by atoms with E-state index in [0.29, 0.717) is 19.4 Å². The van der Waals surface area contributed by atoms with Gasteiger partial charge in [0.15, 0.2) is 5.96 Å². The summed E-state index contributed by atoms with van der Waals surface area (Å²) in [5, 5.41) is 2.47. The Labute approximate surface area is 131 Å². The average molecular weight is 325 g/mol. The number of methoxy groups -OCH3 is 1. The average Bonchev–Trinajstić information content (AvgIpc) is 2.29. The smallest absolute Gasteiger partial charge is 0.408 e. The van der Waals surface area contributed by atoms with Crippen LogP contribution in [0.2, 0.25) is 0 Å². The van der Waals surface area contributed by atoms with Crippen molar-refractivity contribution in [2.24, 2.45) is 16.5 Å². The molecule has 0 aliphatic carbocycles. The molecule has 21 heavy (non-hydrogen) atoms. The van der Waals surface area contributed by atoms with Crippen LogP contribution in [0.4, 0.5) is 4.79 Å². The molecular formula is C12H25ClN4O4. The summed E-state index contributed by atoms with van der Waals surface area (Å²) in [6.45, 7) is 5.57. The Morgan fingerprint density at radius 1 is 1.29 bits per heavy atom. The second-order valence-electron chi connectivity index (χ2n) is 5.17. The molecule has 0 rings (SSSR count). The number of ether oxygens (including phenoxy) is 2. The Balaban J connectivity index is 0. The highest BCUT2D eigenvalue weighted by Crippen LogP contribution is 2.08. The lowest BCUT2D eigenvalue weighted by atomic mass is 10.1. The van der Waals surface area contributed by atoms with Crippen molar-refractivity contribution in [3.8, 4) is 0 Å². The third-order valence-electron chi connectivity index (χ3n) is 2.12. The number of halogens is 1. The fourth-order valence-electron chi connectivity index (χ4n) is 1.34. The molecule has 9 heteroatoms. The fourth-order valence-corrected chi connectivity index (χ4v) is 1.34. The SMILES string of the molecule is COC(=O)C(CCCN=C(N)N)NC(=O)OC(C)(C)C.Cl. The first-order valence-corrected chi connectivity index (χ1v) is 6.28. The van der Waals surface area contributed by atoms with E-state index in [-0.39, 0.29) is 18.4 Å². The van der Waals surface area contributed by atoms with Crippen LogP contribution in [0.5, 0.6) is 0 Å². The van der Waals surface area contributed by atoms with Gasteiger partial charge >= 0.3 is 12.1 Å². The van der Waals surface area contributed by atoms with Gasteiger partial charge in [-0.25, -0.2) is 9.59 Å². The summed E-state index contributed by atoms with van der Waals surface area (Å²) in [6.07, 6.45) is 0.200. The van der Waals surface area contributed by atoms with Crippen molar-refractivity contribution in [3.05, 3.63) is 0 Å². The molecule has 0 radical (unpaired) electrons. The maximum atomic E-state index is 11.6. The summed E-state index contributed by atoms with van der Waals surface area (Å²) in [6, 6.07) is -0.788. The van der Waals surface area contributed by atoms with Crippen LogP contribution in [-0.4, -0.2) is 43.3 Å². The van der Waals surface area contributed by atoms with Crippen molar-refractivity contribution >= 4 is 30.4 Å². The minimum Gasteiger partial charge on any atom is -0.467 e. The van der Waals surface area contributed by atoms with Gasteiger partial charge in [-0.3, -0.25) is 4.99 Å². The second kappa shape index (κ2) is 10.1. The van der Waals surface area contributed by atoms with Gasteiger partial charge in [0, 0.05) is 6.54 Å². The highest BCUT2D eigenvalue weighted by Gasteiger charge is 2.24. The molecule has 0 aliphatic heterocycles. The maximum absolute atomic E-state index is 11.6. The number of rotatable bonds is 6. The van der Waals surface area contributed by atoms with Gasteiger partial charge in [0.1, 0.15) is 11.6 Å². The molecule has 5 N–H and O–H groups in total. The molecule has 0 saturated carbocycles. The first kappa shape index (κ1) is 21.6. The number of nitrogens with two attached hydrogens (primary N) is 2. The quantitative estimate of drug-likeness (QED) is 0.283. The number of hydrogen-bond donors (Lipinski definition) is 3. The zero-order valence-electron chi connectivity index (χ0n) is 12.8. The van der Waals surface area contributed by atoms with Crippen LogP contribution in [0.3, 0.4) is 0 Å². The van der Waals surface area contributed by atoms with Crippen LogP contribution in [0.25, 0.3) is 0 Å². The number of nitrogens with one attached hydrogen (secondary N) is 1. The molecule has 1 atom stereocenters. The van der Waals surface area contributed by atoms with E-state index in [1.807, 2.05) is 0 Å². The van der Waals surface area contributed by atoms with Crippen molar-refractivity contribution < 1.29 is 19.1 Å². The van der Waals surface area contributed by atoms with E-state index in [2.05, 4.69) is 15.0 Å². The molecule has 8 nitrogen and oxygen atoms in total. The standard InChI is InChI=1S/C12H24N4O4.ClH/c1-12(2,3)20-11(18)16-8(9(17)19-4)6-5-7-15-10(13)14;/h8H,5-7H2,1-4H3,(H,16,18)(H4,13,14,15);1H. The number of carbonyl (C=O) groups excluding carboxylic acids is 2. The van der Waals surface area contributed by atoms with Gasteiger partial charge in [-0.2, -0.15) is 0 Å². The van der Waals surface area contributed by atoms with E-state index in [1.165, 1.54) is 7.11 Å². The van der Waals surface area contributed by atoms with Gasteiger partial charge in [-0.05, 0) is 33.6 Å². The molecule has 0 bridgehead atoms. The zero-order chi connectivity index (χ0) is 15.8. The van der Waals surface area contributed by atoms with Crippen LogP contribution in [-0.2, 0) is 14.3 Å². The van der Waals surface area contributed by atoms with Crippen molar-refractivity contribution in [2.75, 3.05) is 13.7 Å². The lowest BCUT2D eigenvalue weighted by Gasteiger charge is -2.22. The van der Waals surface area contributed by atoms with E-state index in [9.17, 15) is 9.59 Å². The van der Waals surface area contributed by atoms with Crippen LogP contribution in [0, 0.1) is 0 Å². The largest absolute Gasteiger partial charge is 0.467 e. The Kier molecular flexibility index (Phi) is 10.4. The summed E-state index contributed by atoms with van der Waals surface area (Å²) in [7, 11) is 1.25.